The minimum absolute atomic E-state index is 0.0492. The summed E-state index contributed by atoms with van der Waals surface area (Å²) < 4.78 is 28.2. The lowest BCUT2D eigenvalue weighted by molar-refractivity contribution is -0.117. The van der Waals surface area contributed by atoms with E-state index < -0.39 is 22.5 Å². The summed E-state index contributed by atoms with van der Waals surface area (Å²) in [6.45, 7) is 3.84. The maximum absolute atomic E-state index is 13.6. The number of benzene rings is 3. The smallest absolute Gasteiger partial charge is 0.264 e. The van der Waals surface area contributed by atoms with Gasteiger partial charge in [0.15, 0.2) is 0 Å². The number of aryl methyl sites for hydroxylation is 2. The van der Waals surface area contributed by atoms with Crippen molar-refractivity contribution in [2.45, 2.75) is 31.6 Å². The molecule has 7 nitrogen and oxygen atoms in total. The molecule has 35 heavy (non-hydrogen) atoms. The Bertz CT molecular complexity index is 1380. The second kappa shape index (κ2) is 10.1. The molecule has 1 heterocycles. The maximum Gasteiger partial charge on any atom is 0.264 e. The Kier molecular flexibility index (Phi) is 7.14. The van der Waals surface area contributed by atoms with Gasteiger partial charge in [0.25, 0.3) is 10.0 Å². The number of nitrogens with zero attached hydrogens (tertiary/aromatic N) is 2. The Hall–Kier alpha value is -3.36. The Labute approximate surface area is 210 Å². The average Bonchev–Trinajstić information content (AvgIpc) is 3.26. The van der Waals surface area contributed by atoms with Crippen LogP contribution in [-0.4, -0.2) is 33.3 Å². The van der Waals surface area contributed by atoms with E-state index in [4.69, 9.17) is 11.6 Å². The molecule has 9 heteroatoms. The minimum atomic E-state index is -4.06. The van der Waals surface area contributed by atoms with Gasteiger partial charge >= 0.3 is 0 Å². The standard InChI is InChI=1S/C26H26ClN3O4S/c1-18-11-13-21(16-23(18)29-14-6-9-26(29)32)28-25(31)17-30(24-15-20(27)12-10-19(24)2)35(33,34)22-7-4-3-5-8-22/h3-5,7-8,10-13,15-16H,6,9,14,17H2,1-2H3,(H,28,31). The number of nitrogens with one attached hydrogen (secondary N) is 1. The highest BCUT2D eigenvalue weighted by atomic mass is 35.5. The molecule has 4 rings (SSSR count). The van der Waals surface area contributed by atoms with Crippen LogP contribution in [0, 0.1) is 13.8 Å². The van der Waals surface area contributed by atoms with Gasteiger partial charge in [0, 0.05) is 29.4 Å². The third kappa shape index (κ3) is 5.33. The van der Waals surface area contributed by atoms with E-state index in [0.717, 1.165) is 22.0 Å². The maximum atomic E-state index is 13.6. The van der Waals surface area contributed by atoms with Crippen LogP contribution in [0.1, 0.15) is 24.0 Å². The monoisotopic (exact) mass is 511 g/mol. The fourth-order valence-corrected chi connectivity index (χ4v) is 5.75. The van der Waals surface area contributed by atoms with Crippen molar-refractivity contribution in [2.24, 2.45) is 0 Å². The molecule has 1 saturated heterocycles. The van der Waals surface area contributed by atoms with Crippen LogP contribution in [0.4, 0.5) is 17.1 Å². The Morgan fingerprint density at radius 1 is 1.03 bits per heavy atom. The molecule has 3 aromatic carbocycles. The Balaban J connectivity index is 1.65. The summed E-state index contributed by atoms with van der Waals surface area (Å²) in [6.07, 6.45) is 1.29. The molecular weight excluding hydrogens is 486 g/mol. The molecule has 182 valence electrons. The molecule has 0 atom stereocenters. The van der Waals surface area contributed by atoms with E-state index in [0.29, 0.717) is 34.9 Å². The van der Waals surface area contributed by atoms with Crippen LogP contribution in [0.15, 0.2) is 71.6 Å². The number of sulfonamides is 1. The van der Waals surface area contributed by atoms with Crippen LogP contribution in [0.5, 0.6) is 0 Å². The predicted octanol–water partition coefficient (Wildman–Crippen LogP) is 4.92. The van der Waals surface area contributed by atoms with Gasteiger partial charge < -0.3 is 10.2 Å². The van der Waals surface area contributed by atoms with E-state index in [1.165, 1.54) is 18.2 Å². The molecule has 1 aliphatic rings. The second-order valence-corrected chi connectivity index (χ2v) is 10.8. The number of hydrogen-bond donors (Lipinski definition) is 1. The van der Waals surface area contributed by atoms with Gasteiger partial charge in [0.1, 0.15) is 6.54 Å². The Morgan fingerprint density at radius 2 is 1.74 bits per heavy atom. The lowest BCUT2D eigenvalue weighted by Gasteiger charge is -2.26. The minimum Gasteiger partial charge on any atom is -0.324 e. The zero-order chi connectivity index (χ0) is 25.2. The van der Waals surface area contributed by atoms with Gasteiger partial charge in [-0.25, -0.2) is 8.42 Å². The van der Waals surface area contributed by atoms with Gasteiger partial charge in [-0.1, -0.05) is 41.9 Å². The molecule has 1 fully saturated rings. The van der Waals surface area contributed by atoms with Crippen LogP contribution in [0.2, 0.25) is 5.02 Å². The molecule has 3 aromatic rings. The van der Waals surface area contributed by atoms with Gasteiger partial charge in [0.2, 0.25) is 11.8 Å². The number of halogens is 1. The average molecular weight is 512 g/mol. The SMILES string of the molecule is Cc1ccc(NC(=O)CN(c2cc(Cl)ccc2C)S(=O)(=O)c2ccccc2)cc1N1CCCC1=O. The van der Waals surface area contributed by atoms with Crippen LogP contribution in [0.3, 0.4) is 0 Å². The van der Waals surface area contributed by atoms with Crippen molar-refractivity contribution < 1.29 is 18.0 Å². The van der Waals surface area contributed by atoms with Crippen molar-refractivity contribution in [2.75, 3.05) is 27.6 Å². The van der Waals surface area contributed by atoms with Crippen molar-refractivity contribution in [1.82, 2.24) is 0 Å². The molecule has 0 aromatic heterocycles. The molecular formula is C26H26ClN3O4S. The highest BCUT2D eigenvalue weighted by Gasteiger charge is 2.29. The lowest BCUT2D eigenvalue weighted by Crippen LogP contribution is -2.38. The molecule has 2 amide bonds. The van der Waals surface area contributed by atoms with Crippen LogP contribution < -0.4 is 14.5 Å². The molecule has 0 unspecified atom stereocenters. The molecule has 1 aliphatic heterocycles. The topological polar surface area (TPSA) is 86.8 Å². The third-order valence-corrected chi connectivity index (χ3v) is 7.92. The quantitative estimate of drug-likeness (QED) is 0.488. The van der Waals surface area contributed by atoms with Gasteiger partial charge in [0.05, 0.1) is 10.6 Å². The van der Waals surface area contributed by atoms with E-state index in [1.807, 2.05) is 13.0 Å². The van der Waals surface area contributed by atoms with E-state index in [-0.39, 0.29) is 10.8 Å². The number of carbonyl (C=O) groups excluding carboxylic acids is 2. The number of rotatable bonds is 7. The van der Waals surface area contributed by atoms with Crippen molar-refractivity contribution in [1.29, 1.82) is 0 Å². The number of hydrogen-bond acceptors (Lipinski definition) is 4. The zero-order valence-corrected chi connectivity index (χ0v) is 21.1. The van der Waals surface area contributed by atoms with E-state index in [9.17, 15) is 18.0 Å². The molecule has 1 N–H and O–H groups in total. The normalized spacial score (nSPS) is 13.7. The summed E-state index contributed by atoms with van der Waals surface area (Å²) in [4.78, 5) is 27.1. The van der Waals surface area contributed by atoms with E-state index in [2.05, 4.69) is 5.32 Å². The highest BCUT2D eigenvalue weighted by molar-refractivity contribution is 7.92. The highest BCUT2D eigenvalue weighted by Crippen LogP contribution is 2.31. The van der Waals surface area contributed by atoms with Crippen molar-refractivity contribution in [3.05, 3.63) is 82.9 Å². The summed E-state index contributed by atoms with van der Waals surface area (Å²) in [5, 5.41) is 3.15. The molecule has 0 bridgehead atoms. The van der Waals surface area contributed by atoms with E-state index in [1.54, 1.807) is 54.3 Å². The van der Waals surface area contributed by atoms with Crippen LogP contribution in [0.25, 0.3) is 0 Å². The van der Waals surface area contributed by atoms with Gasteiger partial charge in [-0.2, -0.15) is 0 Å². The summed E-state index contributed by atoms with van der Waals surface area (Å²) in [5.74, 6) is -0.473. The first-order valence-electron chi connectivity index (χ1n) is 11.2. The second-order valence-electron chi connectivity index (χ2n) is 8.45. The molecule has 0 spiro atoms. The largest absolute Gasteiger partial charge is 0.324 e. The van der Waals surface area contributed by atoms with Gasteiger partial charge in [-0.3, -0.25) is 13.9 Å². The number of amides is 2. The summed E-state index contributed by atoms with van der Waals surface area (Å²) in [7, 11) is -4.06. The van der Waals surface area contributed by atoms with E-state index >= 15 is 0 Å². The van der Waals surface area contributed by atoms with Crippen molar-refractivity contribution in [3.8, 4) is 0 Å². The van der Waals surface area contributed by atoms with Crippen molar-refractivity contribution in [3.63, 3.8) is 0 Å². The first-order valence-corrected chi connectivity index (χ1v) is 13.0. The molecule has 0 radical (unpaired) electrons. The fourth-order valence-electron chi connectivity index (χ4n) is 4.08. The molecule has 0 aliphatic carbocycles. The zero-order valence-electron chi connectivity index (χ0n) is 19.5. The number of anilines is 3. The lowest BCUT2D eigenvalue weighted by atomic mass is 10.1. The fraction of sp³-hybridized carbons (Fsp3) is 0.231. The summed E-state index contributed by atoms with van der Waals surface area (Å²) in [5.41, 5.74) is 3.12. The van der Waals surface area contributed by atoms with Gasteiger partial charge in [-0.15, -0.1) is 0 Å². The van der Waals surface area contributed by atoms with Gasteiger partial charge in [-0.05, 0) is 67.8 Å². The van der Waals surface area contributed by atoms with Crippen molar-refractivity contribution >= 4 is 50.5 Å². The van der Waals surface area contributed by atoms with Crippen LogP contribution in [-0.2, 0) is 19.6 Å². The third-order valence-electron chi connectivity index (χ3n) is 5.92. The summed E-state index contributed by atoms with van der Waals surface area (Å²) in [6, 6.07) is 18.2. The molecule has 0 saturated carbocycles. The summed E-state index contributed by atoms with van der Waals surface area (Å²) >= 11 is 6.18. The Morgan fingerprint density at radius 3 is 2.43 bits per heavy atom. The van der Waals surface area contributed by atoms with Crippen LogP contribution >= 0.6 is 11.6 Å². The predicted molar refractivity (Wildman–Crippen MR) is 139 cm³/mol. The number of carbonyl (C=O) groups is 2. The first kappa shape index (κ1) is 24.8. The first-order chi connectivity index (χ1) is 16.7.